The Morgan fingerprint density at radius 3 is 2.39 bits per heavy atom. The topological polar surface area (TPSA) is 77.8 Å². The van der Waals surface area contributed by atoms with Gasteiger partial charge in [-0.05, 0) is 68.9 Å². The van der Waals surface area contributed by atoms with Crippen molar-refractivity contribution >= 4 is 28.9 Å². The molecule has 0 spiro atoms. The van der Waals surface area contributed by atoms with Crippen LogP contribution in [0.5, 0.6) is 0 Å². The van der Waals surface area contributed by atoms with Crippen LogP contribution in [0.3, 0.4) is 0 Å². The summed E-state index contributed by atoms with van der Waals surface area (Å²) in [5.74, 6) is -0.411. The van der Waals surface area contributed by atoms with Crippen LogP contribution < -0.4 is 4.90 Å². The van der Waals surface area contributed by atoms with E-state index in [1.165, 1.54) is 11.3 Å². The highest BCUT2D eigenvalue weighted by atomic mass is 32.1. The minimum atomic E-state index is -1.01. The molecular weight excluding hydrogens is 410 g/mol. The number of hydrogen-bond acceptors (Lipinski definition) is 4. The first-order valence-electron chi connectivity index (χ1n) is 11.4. The molecule has 0 aliphatic heterocycles. The maximum Gasteiger partial charge on any atom is 0.348 e. The third-order valence-electron chi connectivity index (χ3n) is 6.81. The summed E-state index contributed by atoms with van der Waals surface area (Å²) in [4.78, 5) is 28.8. The van der Waals surface area contributed by atoms with Crippen LogP contribution in [0, 0.1) is 11.8 Å². The second kappa shape index (κ2) is 9.53. The van der Waals surface area contributed by atoms with Gasteiger partial charge in [0.05, 0.1) is 11.8 Å². The van der Waals surface area contributed by atoms with Crippen molar-refractivity contribution < 1.29 is 19.8 Å². The van der Waals surface area contributed by atoms with Crippen LogP contribution in [-0.2, 0) is 4.79 Å². The van der Waals surface area contributed by atoms with Crippen molar-refractivity contribution in [2.45, 2.75) is 70.4 Å². The molecule has 1 aromatic heterocycles. The molecule has 5 nitrogen and oxygen atoms in total. The van der Waals surface area contributed by atoms with E-state index in [1.807, 2.05) is 36.4 Å². The van der Waals surface area contributed by atoms with Gasteiger partial charge in [-0.25, -0.2) is 4.79 Å². The van der Waals surface area contributed by atoms with Crippen molar-refractivity contribution in [3.8, 4) is 10.4 Å². The van der Waals surface area contributed by atoms with Crippen LogP contribution in [0.15, 0.2) is 36.4 Å². The van der Waals surface area contributed by atoms with Crippen molar-refractivity contribution in [1.29, 1.82) is 0 Å². The van der Waals surface area contributed by atoms with E-state index in [2.05, 4.69) is 6.92 Å². The van der Waals surface area contributed by atoms with E-state index in [-0.39, 0.29) is 22.7 Å². The molecule has 0 radical (unpaired) electrons. The van der Waals surface area contributed by atoms with Crippen molar-refractivity contribution in [2.24, 2.45) is 11.8 Å². The average molecular weight is 442 g/mol. The zero-order valence-corrected chi connectivity index (χ0v) is 18.8. The average Bonchev–Trinajstić information content (AvgIpc) is 3.20. The number of rotatable bonds is 5. The third-order valence-corrected chi connectivity index (χ3v) is 7.97. The molecule has 2 atom stereocenters. The van der Waals surface area contributed by atoms with Crippen molar-refractivity contribution in [3.63, 3.8) is 0 Å². The maximum atomic E-state index is 13.8. The van der Waals surface area contributed by atoms with Gasteiger partial charge < -0.3 is 15.1 Å². The Labute approximate surface area is 187 Å². The molecular formula is C25H31NO4S. The smallest absolute Gasteiger partial charge is 0.348 e. The second-order valence-corrected chi connectivity index (χ2v) is 10.2. The molecule has 1 amide bonds. The van der Waals surface area contributed by atoms with Gasteiger partial charge in [-0.15, -0.1) is 11.3 Å². The normalized spacial score (nSPS) is 26.4. The van der Waals surface area contributed by atoms with Gasteiger partial charge in [0.1, 0.15) is 4.88 Å². The first-order chi connectivity index (χ1) is 14.9. The van der Waals surface area contributed by atoms with Crippen LogP contribution in [0.2, 0.25) is 0 Å². The van der Waals surface area contributed by atoms with E-state index in [9.17, 15) is 19.8 Å². The Morgan fingerprint density at radius 1 is 1.03 bits per heavy atom. The summed E-state index contributed by atoms with van der Waals surface area (Å²) in [6.45, 7) is 2.23. The lowest BCUT2D eigenvalue weighted by molar-refractivity contribution is -0.124. The number of benzene rings is 1. The fourth-order valence-corrected chi connectivity index (χ4v) is 6.02. The Hall–Kier alpha value is -2.18. The number of thiophene rings is 1. The lowest BCUT2D eigenvalue weighted by Gasteiger charge is -2.39. The number of aliphatic hydroxyl groups is 1. The van der Waals surface area contributed by atoms with Crippen molar-refractivity contribution in [1.82, 2.24) is 0 Å². The number of nitrogens with zero attached hydrogens (tertiary/aromatic N) is 1. The molecule has 2 fully saturated rings. The van der Waals surface area contributed by atoms with Gasteiger partial charge in [0.2, 0.25) is 5.91 Å². The van der Waals surface area contributed by atoms with Crippen LogP contribution in [0.1, 0.15) is 68.0 Å². The molecule has 1 heterocycles. The molecule has 2 N–H and O–H groups in total. The molecule has 0 bridgehead atoms. The molecule has 4 rings (SSSR count). The lowest BCUT2D eigenvalue weighted by Crippen LogP contribution is -2.47. The number of carbonyl (C=O) groups is 2. The summed E-state index contributed by atoms with van der Waals surface area (Å²) in [6.07, 6.45) is 6.20. The molecule has 2 unspecified atom stereocenters. The molecule has 2 aliphatic carbocycles. The van der Waals surface area contributed by atoms with Gasteiger partial charge in [-0.2, -0.15) is 0 Å². The minimum absolute atomic E-state index is 0.0333. The van der Waals surface area contributed by atoms with Gasteiger partial charge in [-0.3, -0.25) is 4.79 Å². The first kappa shape index (κ1) is 22.0. The molecule has 1 aromatic carbocycles. The molecule has 6 heteroatoms. The predicted molar refractivity (Wildman–Crippen MR) is 124 cm³/mol. The minimum Gasteiger partial charge on any atom is -0.477 e. The molecule has 0 saturated heterocycles. The van der Waals surface area contributed by atoms with Gasteiger partial charge in [0.25, 0.3) is 0 Å². The zero-order chi connectivity index (χ0) is 22.0. The fourth-order valence-electron chi connectivity index (χ4n) is 5.03. The Kier molecular flexibility index (Phi) is 6.77. The summed E-state index contributed by atoms with van der Waals surface area (Å²) in [5, 5.41) is 20.3. The standard InChI is InChI=1S/C25H31NO4S/c1-16-10-12-18(13-11-16)24(28)26(19-8-5-9-20(27)14-19)21-15-22(31-23(21)25(29)30)17-6-3-2-4-7-17/h2-4,6-7,15-16,18-20,27H,5,8-14H2,1H3,(H,29,30). The number of anilines is 1. The molecule has 166 valence electrons. The van der Waals surface area contributed by atoms with E-state index in [1.54, 1.807) is 4.90 Å². The number of carbonyl (C=O) groups excluding carboxylic acids is 1. The van der Waals surface area contributed by atoms with Crippen LogP contribution in [0.25, 0.3) is 10.4 Å². The summed E-state index contributed by atoms with van der Waals surface area (Å²) < 4.78 is 0. The van der Waals surface area contributed by atoms with E-state index in [4.69, 9.17) is 0 Å². The van der Waals surface area contributed by atoms with E-state index in [0.29, 0.717) is 18.0 Å². The number of amides is 1. The third kappa shape index (κ3) is 4.85. The molecule has 2 aromatic rings. The number of carboxylic acid groups (broad SMARTS) is 1. The fraction of sp³-hybridized carbons (Fsp3) is 0.520. The SMILES string of the molecule is CC1CCC(C(=O)N(c2cc(-c3ccccc3)sc2C(=O)O)C2CCCC(O)C2)CC1. The van der Waals surface area contributed by atoms with E-state index in [0.717, 1.165) is 55.4 Å². The Bertz CT molecular complexity index is 917. The monoisotopic (exact) mass is 441 g/mol. The predicted octanol–water partition coefficient (Wildman–Crippen LogP) is 5.58. The summed E-state index contributed by atoms with van der Waals surface area (Å²) in [5.41, 5.74) is 1.45. The highest BCUT2D eigenvalue weighted by molar-refractivity contribution is 7.18. The van der Waals surface area contributed by atoms with Crippen molar-refractivity contribution in [2.75, 3.05) is 4.90 Å². The van der Waals surface area contributed by atoms with Gasteiger partial charge in [-0.1, -0.05) is 37.3 Å². The summed E-state index contributed by atoms with van der Waals surface area (Å²) in [6, 6.07) is 11.4. The van der Waals surface area contributed by atoms with E-state index >= 15 is 0 Å². The van der Waals surface area contributed by atoms with Gasteiger partial charge >= 0.3 is 5.97 Å². The number of hydrogen-bond donors (Lipinski definition) is 2. The zero-order valence-electron chi connectivity index (χ0n) is 18.0. The summed E-state index contributed by atoms with van der Waals surface area (Å²) in [7, 11) is 0. The highest BCUT2D eigenvalue weighted by Crippen LogP contribution is 2.41. The second-order valence-electron chi connectivity index (χ2n) is 9.14. The molecule has 2 aliphatic rings. The van der Waals surface area contributed by atoms with E-state index < -0.39 is 12.1 Å². The molecule has 31 heavy (non-hydrogen) atoms. The number of aliphatic hydroxyl groups excluding tert-OH is 1. The molecule has 2 saturated carbocycles. The lowest BCUT2D eigenvalue weighted by atomic mass is 9.81. The van der Waals surface area contributed by atoms with Crippen LogP contribution in [-0.4, -0.2) is 34.2 Å². The number of aromatic carboxylic acids is 1. The Balaban J connectivity index is 1.74. The summed E-state index contributed by atoms with van der Waals surface area (Å²) >= 11 is 1.22. The van der Waals surface area contributed by atoms with Gasteiger partial charge in [0, 0.05) is 16.8 Å². The van der Waals surface area contributed by atoms with Crippen LogP contribution in [0.4, 0.5) is 5.69 Å². The first-order valence-corrected chi connectivity index (χ1v) is 12.2. The largest absolute Gasteiger partial charge is 0.477 e. The maximum absolute atomic E-state index is 13.8. The Morgan fingerprint density at radius 2 is 1.74 bits per heavy atom. The highest BCUT2D eigenvalue weighted by Gasteiger charge is 2.37. The van der Waals surface area contributed by atoms with Crippen molar-refractivity contribution in [3.05, 3.63) is 41.3 Å². The van der Waals surface area contributed by atoms with Gasteiger partial charge in [0.15, 0.2) is 0 Å². The number of carboxylic acids is 1. The van der Waals surface area contributed by atoms with Crippen LogP contribution >= 0.6 is 11.3 Å². The quantitative estimate of drug-likeness (QED) is 0.635.